The Morgan fingerprint density at radius 3 is 3.06 bits per heavy atom. The molecule has 8 nitrogen and oxygen atoms in total. The Hall–Kier alpha value is -2.48. The molecule has 0 aliphatic heterocycles. The van der Waals surface area contributed by atoms with Gasteiger partial charge in [0.2, 0.25) is 0 Å². The molecule has 0 aliphatic carbocycles. The largest absolute Gasteiger partial charge is 0.459 e. The molecular weight excluding hydrogens is 238 g/mol. The first-order valence-electron chi connectivity index (χ1n) is 5.21. The lowest BCUT2D eigenvalue weighted by molar-refractivity contribution is 0.276. The van der Waals surface area contributed by atoms with Crippen LogP contribution in [0.1, 0.15) is 11.5 Å². The summed E-state index contributed by atoms with van der Waals surface area (Å²) in [7, 11) is 0. The van der Waals surface area contributed by atoms with Gasteiger partial charge < -0.3 is 14.0 Å². The molecule has 0 aliphatic rings. The standard InChI is InChI=1S/C10H9N5O3/c16-6-7-4-15(14-12-7)5-9-11-10(18-13-9)8-2-1-3-17-8/h1-4,16H,5-6H2. The Bertz CT molecular complexity index is 628. The molecule has 3 aromatic rings. The van der Waals surface area contributed by atoms with Crippen molar-refractivity contribution in [3.05, 3.63) is 36.1 Å². The van der Waals surface area contributed by atoms with Gasteiger partial charge in [-0.05, 0) is 12.1 Å². The molecule has 0 fully saturated rings. The molecule has 3 heterocycles. The lowest BCUT2D eigenvalue weighted by Gasteiger charge is -1.91. The fourth-order valence-electron chi connectivity index (χ4n) is 1.45. The van der Waals surface area contributed by atoms with E-state index in [1.54, 1.807) is 18.3 Å². The van der Waals surface area contributed by atoms with Gasteiger partial charge in [0.15, 0.2) is 11.6 Å². The molecular formula is C10H9N5O3. The maximum absolute atomic E-state index is 8.87. The van der Waals surface area contributed by atoms with Crippen molar-refractivity contribution in [2.75, 3.05) is 0 Å². The molecule has 0 radical (unpaired) electrons. The maximum Gasteiger partial charge on any atom is 0.293 e. The number of aliphatic hydroxyl groups excluding tert-OH is 1. The van der Waals surface area contributed by atoms with Crippen LogP contribution in [0.5, 0.6) is 0 Å². The average Bonchev–Trinajstić information content (AvgIpc) is 3.10. The van der Waals surface area contributed by atoms with E-state index < -0.39 is 0 Å². The molecule has 0 atom stereocenters. The van der Waals surface area contributed by atoms with Gasteiger partial charge in [0, 0.05) is 0 Å². The van der Waals surface area contributed by atoms with E-state index in [4.69, 9.17) is 14.0 Å². The molecule has 0 saturated carbocycles. The fourth-order valence-corrected chi connectivity index (χ4v) is 1.45. The van der Waals surface area contributed by atoms with Crippen LogP contribution in [0, 0.1) is 0 Å². The average molecular weight is 247 g/mol. The first kappa shape index (κ1) is 10.7. The Kier molecular flexibility index (Phi) is 2.61. The summed E-state index contributed by atoms with van der Waals surface area (Å²) in [6.07, 6.45) is 3.15. The Balaban J connectivity index is 1.77. The van der Waals surface area contributed by atoms with E-state index in [9.17, 15) is 0 Å². The van der Waals surface area contributed by atoms with Crippen LogP contribution in [-0.2, 0) is 13.2 Å². The van der Waals surface area contributed by atoms with Gasteiger partial charge in [0.05, 0.1) is 19.1 Å². The van der Waals surface area contributed by atoms with Crippen molar-refractivity contribution in [2.24, 2.45) is 0 Å². The summed E-state index contributed by atoms with van der Waals surface area (Å²) >= 11 is 0. The molecule has 0 spiro atoms. The van der Waals surface area contributed by atoms with E-state index in [-0.39, 0.29) is 6.61 Å². The van der Waals surface area contributed by atoms with Crippen molar-refractivity contribution < 1.29 is 14.0 Å². The molecule has 18 heavy (non-hydrogen) atoms. The molecule has 92 valence electrons. The van der Waals surface area contributed by atoms with Crippen LogP contribution in [0.2, 0.25) is 0 Å². The minimum Gasteiger partial charge on any atom is -0.459 e. The third-order valence-corrected chi connectivity index (χ3v) is 2.25. The topological polar surface area (TPSA) is 103 Å². The van der Waals surface area contributed by atoms with Gasteiger partial charge in [0.25, 0.3) is 5.89 Å². The van der Waals surface area contributed by atoms with Crippen LogP contribution < -0.4 is 0 Å². The lowest BCUT2D eigenvalue weighted by Crippen LogP contribution is -2.02. The van der Waals surface area contributed by atoms with E-state index in [0.717, 1.165) is 0 Å². The van der Waals surface area contributed by atoms with Crippen LogP contribution in [0.3, 0.4) is 0 Å². The van der Waals surface area contributed by atoms with E-state index in [0.29, 0.717) is 29.7 Å². The fraction of sp³-hybridized carbons (Fsp3) is 0.200. The number of nitrogens with zero attached hydrogens (tertiary/aromatic N) is 5. The van der Waals surface area contributed by atoms with Gasteiger partial charge in [-0.2, -0.15) is 4.98 Å². The Morgan fingerprint density at radius 1 is 1.39 bits per heavy atom. The van der Waals surface area contributed by atoms with Crippen molar-refractivity contribution in [3.63, 3.8) is 0 Å². The summed E-state index contributed by atoms with van der Waals surface area (Å²) < 4.78 is 11.7. The predicted octanol–water partition coefficient (Wildman–Crippen LogP) is 0.462. The quantitative estimate of drug-likeness (QED) is 0.714. The third-order valence-electron chi connectivity index (χ3n) is 2.25. The second kappa shape index (κ2) is 4.41. The summed E-state index contributed by atoms with van der Waals surface area (Å²) in [5, 5.41) is 20.2. The number of hydrogen-bond donors (Lipinski definition) is 1. The summed E-state index contributed by atoms with van der Waals surface area (Å²) in [5.41, 5.74) is 0.491. The second-order valence-electron chi connectivity index (χ2n) is 3.56. The van der Waals surface area contributed by atoms with Crippen LogP contribution in [-0.4, -0.2) is 30.2 Å². The molecule has 0 amide bonds. The molecule has 1 N–H and O–H groups in total. The maximum atomic E-state index is 8.87. The summed E-state index contributed by atoms with van der Waals surface area (Å²) in [4.78, 5) is 4.16. The number of furan rings is 1. The zero-order valence-electron chi connectivity index (χ0n) is 9.22. The highest BCUT2D eigenvalue weighted by molar-refractivity contribution is 5.42. The monoisotopic (exact) mass is 247 g/mol. The van der Waals surface area contributed by atoms with Crippen LogP contribution in [0.15, 0.2) is 33.5 Å². The third kappa shape index (κ3) is 2.00. The number of rotatable bonds is 4. The number of hydrogen-bond acceptors (Lipinski definition) is 7. The van der Waals surface area contributed by atoms with Crippen molar-refractivity contribution in [1.29, 1.82) is 0 Å². The smallest absolute Gasteiger partial charge is 0.293 e. The Labute approximate surface area is 101 Å². The summed E-state index contributed by atoms with van der Waals surface area (Å²) in [5.74, 6) is 1.29. The number of aliphatic hydroxyl groups is 1. The highest BCUT2D eigenvalue weighted by Crippen LogP contribution is 2.17. The van der Waals surface area contributed by atoms with Gasteiger partial charge in [-0.25, -0.2) is 4.68 Å². The molecule has 3 aromatic heterocycles. The minimum atomic E-state index is -0.149. The van der Waals surface area contributed by atoms with Crippen LogP contribution in [0.25, 0.3) is 11.7 Å². The SMILES string of the molecule is OCc1cn(Cc2noc(-c3ccco3)n2)nn1. The van der Waals surface area contributed by atoms with Gasteiger partial charge in [-0.3, -0.25) is 0 Å². The van der Waals surface area contributed by atoms with Crippen molar-refractivity contribution in [3.8, 4) is 11.7 Å². The highest BCUT2D eigenvalue weighted by atomic mass is 16.5. The summed E-state index contributed by atoms with van der Waals surface area (Å²) in [6.45, 7) is 0.168. The second-order valence-corrected chi connectivity index (χ2v) is 3.56. The normalized spacial score (nSPS) is 10.9. The molecule has 8 heteroatoms. The summed E-state index contributed by atoms with van der Waals surface area (Å²) in [6, 6.07) is 3.47. The van der Waals surface area contributed by atoms with Gasteiger partial charge >= 0.3 is 0 Å². The zero-order valence-corrected chi connectivity index (χ0v) is 9.22. The zero-order chi connectivity index (χ0) is 12.4. The Morgan fingerprint density at radius 2 is 2.33 bits per heavy atom. The number of aromatic nitrogens is 5. The minimum absolute atomic E-state index is 0.149. The van der Waals surface area contributed by atoms with Crippen LogP contribution in [0.4, 0.5) is 0 Å². The van der Waals surface area contributed by atoms with Gasteiger partial charge in [-0.15, -0.1) is 5.10 Å². The lowest BCUT2D eigenvalue weighted by atomic mass is 10.4. The molecule has 0 bridgehead atoms. The first-order valence-corrected chi connectivity index (χ1v) is 5.21. The van der Waals surface area contributed by atoms with Crippen molar-refractivity contribution in [1.82, 2.24) is 25.1 Å². The van der Waals surface area contributed by atoms with E-state index >= 15 is 0 Å². The van der Waals surface area contributed by atoms with E-state index in [2.05, 4.69) is 20.5 Å². The molecule has 0 aromatic carbocycles. The van der Waals surface area contributed by atoms with Gasteiger partial charge in [0.1, 0.15) is 12.2 Å². The molecule has 3 rings (SSSR count). The van der Waals surface area contributed by atoms with Crippen molar-refractivity contribution >= 4 is 0 Å². The molecule has 0 saturated heterocycles. The highest BCUT2D eigenvalue weighted by Gasteiger charge is 2.11. The molecule has 0 unspecified atom stereocenters. The van der Waals surface area contributed by atoms with Gasteiger partial charge in [-0.1, -0.05) is 10.4 Å². The van der Waals surface area contributed by atoms with Crippen molar-refractivity contribution in [2.45, 2.75) is 13.2 Å². The van der Waals surface area contributed by atoms with Crippen LogP contribution >= 0.6 is 0 Å². The first-order chi connectivity index (χ1) is 8.85. The van der Waals surface area contributed by atoms with E-state index in [1.807, 2.05) is 0 Å². The van der Waals surface area contributed by atoms with E-state index in [1.165, 1.54) is 10.9 Å². The predicted molar refractivity (Wildman–Crippen MR) is 57.0 cm³/mol.